The highest BCUT2D eigenvalue weighted by molar-refractivity contribution is 6.04. The van der Waals surface area contributed by atoms with E-state index in [0.717, 1.165) is 43.5 Å². The SMILES string of the molecule is CN(C)C(=O)COc1ccc(NC(=O)c2nc(-c3ccc(F)cc3)n3c2CCCCC3)cc1. The number of hydrogen-bond acceptors (Lipinski definition) is 4. The number of carbonyl (C=O) groups is 2. The van der Waals surface area contributed by atoms with Crippen molar-refractivity contribution in [2.45, 2.75) is 32.2 Å². The van der Waals surface area contributed by atoms with Crippen LogP contribution in [-0.4, -0.2) is 47.0 Å². The Morgan fingerprint density at radius 2 is 1.79 bits per heavy atom. The molecular weight excluding hydrogens is 423 g/mol. The molecule has 8 heteroatoms. The third kappa shape index (κ3) is 5.22. The minimum Gasteiger partial charge on any atom is -0.484 e. The molecule has 4 rings (SSSR count). The topological polar surface area (TPSA) is 76.5 Å². The lowest BCUT2D eigenvalue weighted by Crippen LogP contribution is -2.27. The number of likely N-dealkylation sites (N-methyl/N-ethyl adjacent to an activating group) is 1. The first-order valence-corrected chi connectivity index (χ1v) is 11.0. The quantitative estimate of drug-likeness (QED) is 0.613. The summed E-state index contributed by atoms with van der Waals surface area (Å²) in [5.74, 6) is 0.497. The van der Waals surface area contributed by atoms with Crippen molar-refractivity contribution in [1.29, 1.82) is 0 Å². The number of rotatable bonds is 6. The van der Waals surface area contributed by atoms with Gasteiger partial charge in [-0.2, -0.15) is 0 Å². The van der Waals surface area contributed by atoms with E-state index in [1.54, 1.807) is 50.5 Å². The minimum atomic E-state index is -0.308. The molecule has 0 atom stereocenters. The van der Waals surface area contributed by atoms with Crippen LogP contribution < -0.4 is 10.1 Å². The molecule has 33 heavy (non-hydrogen) atoms. The van der Waals surface area contributed by atoms with Gasteiger partial charge in [-0.05, 0) is 67.8 Å². The first-order chi connectivity index (χ1) is 15.9. The predicted octanol–water partition coefficient (Wildman–Crippen LogP) is 4.13. The van der Waals surface area contributed by atoms with Gasteiger partial charge in [0.2, 0.25) is 0 Å². The van der Waals surface area contributed by atoms with Crippen LogP contribution in [-0.2, 0) is 17.8 Å². The second-order valence-electron chi connectivity index (χ2n) is 8.26. The highest BCUT2D eigenvalue weighted by Gasteiger charge is 2.24. The Labute approximate surface area is 192 Å². The van der Waals surface area contributed by atoms with Crippen molar-refractivity contribution in [3.8, 4) is 17.1 Å². The molecule has 2 aromatic carbocycles. The molecule has 172 valence electrons. The third-order valence-corrected chi connectivity index (χ3v) is 5.66. The lowest BCUT2D eigenvalue weighted by molar-refractivity contribution is -0.130. The van der Waals surface area contributed by atoms with Gasteiger partial charge in [0.05, 0.1) is 5.69 Å². The summed E-state index contributed by atoms with van der Waals surface area (Å²) in [5.41, 5.74) is 2.69. The van der Waals surface area contributed by atoms with Gasteiger partial charge in [0.1, 0.15) is 23.1 Å². The number of ether oxygens (including phenoxy) is 1. The maximum Gasteiger partial charge on any atom is 0.276 e. The smallest absolute Gasteiger partial charge is 0.276 e. The predicted molar refractivity (Wildman–Crippen MR) is 124 cm³/mol. The van der Waals surface area contributed by atoms with Crippen LogP contribution in [0.2, 0.25) is 0 Å². The number of nitrogens with one attached hydrogen (secondary N) is 1. The van der Waals surface area contributed by atoms with E-state index in [-0.39, 0.29) is 24.2 Å². The van der Waals surface area contributed by atoms with Gasteiger partial charge in [0, 0.05) is 31.9 Å². The number of anilines is 1. The van der Waals surface area contributed by atoms with Crippen LogP contribution in [0.5, 0.6) is 5.75 Å². The molecule has 2 heterocycles. The zero-order chi connectivity index (χ0) is 23.4. The van der Waals surface area contributed by atoms with Crippen LogP contribution in [0.1, 0.15) is 35.4 Å². The molecule has 2 amide bonds. The fraction of sp³-hybridized carbons (Fsp3) is 0.320. The standard InChI is InChI=1S/C25H27FN4O3/c1-29(2)22(31)16-33-20-13-11-19(12-14-20)27-25(32)23-21-6-4-3-5-15-30(21)24(28-23)17-7-9-18(26)10-8-17/h7-14H,3-6,15-16H2,1-2H3,(H,27,32). The third-order valence-electron chi connectivity index (χ3n) is 5.66. The number of carbonyl (C=O) groups excluding carboxylic acids is 2. The number of hydrogen-bond donors (Lipinski definition) is 1. The number of aromatic nitrogens is 2. The summed E-state index contributed by atoms with van der Waals surface area (Å²) in [7, 11) is 3.34. The van der Waals surface area contributed by atoms with Crippen LogP contribution in [0.4, 0.5) is 10.1 Å². The van der Waals surface area contributed by atoms with Crippen LogP contribution in [0, 0.1) is 5.82 Å². The number of halogens is 1. The molecule has 7 nitrogen and oxygen atoms in total. The summed E-state index contributed by atoms with van der Waals surface area (Å²) >= 11 is 0. The van der Waals surface area contributed by atoms with Gasteiger partial charge in [-0.25, -0.2) is 9.37 Å². The maximum absolute atomic E-state index is 13.4. The van der Waals surface area contributed by atoms with Crippen molar-refractivity contribution in [2.75, 3.05) is 26.0 Å². The zero-order valence-electron chi connectivity index (χ0n) is 18.8. The largest absolute Gasteiger partial charge is 0.484 e. The molecule has 0 fully saturated rings. The van der Waals surface area contributed by atoms with E-state index >= 15 is 0 Å². The summed E-state index contributed by atoms with van der Waals surface area (Å²) in [6, 6.07) is 13.1. The van der Waals surface area contributed by atoms with Crippen LogP contribution in [0.25, 0.3) is 11.4 Å². The van der Waals surface area contributed by atoms with Gasteiger partial charge < -0.3 is 19.5 Å². The number of amides is 2. The second-order valence-corrected chi connectivity index (χ2v) is 8.26. The van der Waals surface area contributed by atoms with Gasteiger partial charge in [0.25, 0.3) is 11.8 Å². The average Bonchev–Trinajstić information content (AvgIpc) is 3.00. The Morgan fingerprint density at radius 1 is 1.06 bits per heavy atom. The Morgan fingerprint density at radius 3 is 2.48 bits per heavy atom. The van der Waals surface area contributed by atoms with Crippen molar-refractivity contribution in [3.63, 3.8) is 0 Å². The van der Waals surface area contributed by atoms with E-state index in [0.29, 0.717) is 23.0 Å². The molecule has 0 spiro atoms. The van der Waals surface area contributed by atoms with Gasteiger partial charge in [0.15, 0.2) is 6.61 Å². The summed E-state index contributed by atoms with van der Waals surface area (Å²) in [6.45, 7) is 0.728. The van der Waals surface area contributed by atoms with E-state index in [1.807, 2.05) is 0 Å². The fourth-order valence-electron chi connectivity index (χ4n) is 3.82. The van der Waals surface area contributed by atoms with Crippen molar-refractivity contribution in [1.82, 2.24) is 14.5 Å². The van der Waals surface area contributed by atoms with E-state index < -0.39 is 0 Å². The zero-order valence-corrected chi connectivity index (χ0v) is 18.8. The molecule has 1 aromatic heterocycles. The van der Waals surface area contributed by atoms with E-state index in [1.165, 1.54) is 17.0 Å². The molecule has 0 saturated heterocycles. The summed E-state index contributed by atoms with van der Waals surface area (Å²) in [5, 5.41) is 2.91. The Bertz CT molecular complexity index is 1140. The summed E-state index contributed by atoms with van der Waals surface area (Å²) < 4.78 is 21.0. The van der Waals surface area contributed by atoms with Gasteiger partial charge in [-0.3, -0.25) is 9.59 Å². The molecule has 1 N–H and O–H groups in total. The Balaban J connectivity index is 1.53. The van der Waals surface area contributed by atoms with Crippen molar-refractivity contribution in [2.24, 2.45) is 0 Å². The Hall–Kier alpha value is -3.68. The maximum atomic E-state index is 13.4. The first-order valence-electron chi connectivity index (χ1n) is 11.0. The fourth-order valence-corrected chi connectivity index (χ4v) is 3.82. The molecule has 0 radical (unpaired) electrons. The number of benzene rings is 2. The minimum absolute atomic E-state index is 0.0499. The molecule has 0 saturated carbocycles. The van der Waals surface area contributed by atoms with Crippen molar-refractivity contribution < 1.29 is 18.7 Å². The molecule has 0 unspecified atom stereocenters. The van der Waals surface area contributed by atoms with Crippen LogP contribution in [0.3, 0.4) is 0 Å². The highest BCUT2D eigenvalue weighted by atomic mass is 19.1. The summed E-state index contributed by atoms with van der Waals surface area (Å²) in [6.07, 6.45) is 3.86. The average molecular weight is 451 g/mol. The van der Waals surface area contributed by atoms with Crippen LogP contribution in [0.15, 0.2) is 48.5 Å². The normalized spacial score (nSPS) is 13.1. The van der Waals surface area contributed by atoms with Gasteiger partial charge in [-0.15, -0.1) is 0 Å². The van der Waals surface area contributed by atoms with Crippen molar-refractivity contribution in [3.05, 3.63) is 65.7 Å². The molecule has 0 aliphatic carbocycles. The van der Waals surface area contributed by atoms with Gasteiger partial charge in [-0.1, -0.05) is 6.42 Å². The van der Waals surface area contributed by atoms with E-state index in [9.17, 15) is 14.0 Å². The first kappa shape index (κ1) is 22.5. The number of nitrogens with zero attached hydrogens (tertiary/aromatic N) is 3. The number of imidazole rings is 1. The molecule has 0 bridgehead atoms. The lowest BCUT2D eigenvalue weighted by Gasteiger charge is -2.12. The number of fused-ring (bicyclic) bond motifs is 1. The molecule has 1 aliphatic heterocycles. The lowest BCUT2D eigenvalue weighted by atomic mass is 10.1. The van der Waals surface area contributed by atoms with E-state index in [2.05, 4.69) is 14.9 Å². The Kier molecular flexibility index (Phi) is 6.72. The molecule has 3 aromatic rings. The van der Waals surface area contributed by atoms with Gasteiger partial charge >= 0.3 is 0 Å². The van der Waals surface area contributed by atoms with Crippen molar-refractivity contribution >= 4 is 17.5 Å². The molecular formula is C25H27FN4O3. The highest BCUT2D eigenvalue weighted by Crippen LogP contribution is 2.28. The summed E-state index contributed by atoms with van der Waals surface area (Å²) in [4.78, 5) is 30.9. The van der Waals surface area contributed by atoms with Crippen LogP contribution >= 0.6 is 0 Å². The van der Waals surface area contributed by atoms with E-state index in [4.69, 9.17) is 4.74 Å². The second kappa shape index (κ2) is 9.85. The monoisotopic (exact) mass is 450 g/mol. The molecule has 1 aliphatic rings.